The van der Waals surface area contributed by atoms with E-state index in [-0.39, 0.29) is 30.9 Å². The van der Waals surface area contributed by atoms with Crippen LogP contribution in [0.2, 0.25) is 0 Å². The van der Waals surface area contributed by atoms with Crippen LogP contribution in [-0.4, -0.2) is 35.0 Å². The number of piperidine rings is 1. The summed E-state index contributed by atoms with van der Waals surface area (Å²) in [7, 11) is 0. The van der Waals surface area contributed by atoms with E-state index in [2.05, 4.69) is 0 Å². The largest absolute Gasteiger partial charge is 0.481 e. The zero-order chi connectivity index (χ0) is 15.4. The fraction of sp³-hybridized carbons (Fsp3) is 0.467. The first-order chi connectivity index (χ1) is 9.99. The molecular formula is C15H17F2NO3. The van der Waals surface area contributed by atoms with Gasteiger partial charge in [-0.15, -0.1) is 0 Å². The Balaban J connectivity index is 1.94. The van der Waals surface area contributed by atoms with Gasteiger partial charge in [0, 0.05) is 25.1 Å². The van der Waals surface area contributed by atoms with Crippen LogP contribution in [-0.2, 0) is 16.0 Å². The first-order valence-corrected chi connectivity index (χ1v) is 6.92. The second kappa shape index (κ2) is 6.65. The Labute approximate surface area is 121 Å². The van der Waals surface area contributed by atoms with Crippen molar-refractivity contribution >= 4 is 11.9 Å². The van der Waals surface area contributed by atoms with Crippen molar-refractivity contribution in [1.82, 2.24) is 4.90 Å². The molecule has 4 nitrogen and oxygen atoms in total. The molecule has 21 heavy (non-hydrogen) atoms. The Morgan fingerprint density at radius 2 is 1.95 bits per heavy atom. The summed E-state index contributed by atoms with van der Waals surface area (Å²) in [6, 6.07) is 3.59. The van der Waals surface area contributed by atoms with Gasteiger partial charge in [0.15, 0.2) is 0 Å². The number of rotatable bonds is 4. The number of halogens is 2. The molecule has 1 aromatic rings. The van der Waals surface area contributed by atoms with Crippen LogP contribution < -0.4 is 0 Å². The van der Waals surface area contributed by atoms with E-state index in [4.69, 9.17) is 5.11 Å². The first-order valence-electron chi connectivity index (χ1n) is 6.92. The normalized spacial score (nSPS) is 18.6. The zero-order valence-corrected chi connectivity index (χ0v) is 11.5. The van der Waals surface area contributed by atoms with Crippen LogP contribution in [0.4, 0.5) is 8.78 Å². The van der Waals surface area contributed by atoms with Gasteiger partial charge < -0.3 is 10.0 Å². The van der Waals surface area contributed by atoms with Crippen molar-refractivity contribution in [3.05, 3.63) is 35.4 Å². The predicted octanol–water partition coefficient (Wildman–Crippen LogP) is 2.22. The maximum Gasteiger partial charge on any atom is 0.308 e. The Kier molecular flexibility index (Phi) is 4.88. The lowest BCUT2D eigenvalue weighted by Gasteiger charge is -2.30. The molecule has 114 valence electrons. The minimum atomic E-state index is -0.910. The summed E-state index contributed by atoms with van der Waals surface area (Å²) in [5.74, 6) is -3.04. The maximum absolute atomic E-state index is 13.5. The second-order valence-corrected chi connectivity index (χ2v) is 5.22. The summed E-state index contributed by atoms with van der Waals surface area (Å²) < 4.78 is 26.9. The lowest BCUT2D eigenvalue weighted by Crippen LogP contribution is -2.42. The number of likely N-dealkylation sites (tertiary alicyclic amines) is 1. The summed E-state index contributed by atoms with van der Waals surface area (Å²) in [4.78, 5) is 24.5. The van der Waals surface area contributed by atoms with Crippen LogP contribution in [0, 0.1) is 17.6 Å². The maximum atomic E-state index is 13.5. The van der Waals surface area contributed by atoms with E-state index in [1.54, 1.807) is 0 Å². The second-order valence-electron chi connectivity index (χ2n) is 5.22. The minimum absolute atomic E-state index is 0.0222. The number of amides is 1. The van der Waals surface area contributed by atoms with Crippen LogP contribution in [0.15, 0.2) is 18.2 Å². The Morgan fingerprint density at radius 1 is 1.29 bits per heavy atom. The highest BCUT2D eigenvalue weighted by atomic mass is 19.1. The first kappa shape index (κ1) is 15.4. The van der Waals surface area contributed by atoms with Crippen molar-refractivity contribution in [3.8, 4) is 0 Å². The van der Waals surface area contributed by atoms with Gasteiger partial charge >= 0.3 is 5.97 Å². The van der Waals surface area contributed by atoms with Gasteiger partial charge in [0.05, 0.1) is 5.92 Å². The number of carbonyl (C=O) groups excluding carboxylic acids is 1. The van der Waals surface area contributed by atoms with Crippen LogP contribution in [0.5, 0.6) is 0 Å². The van der Waals surface area contributed by atoms with Crippen molar-refractivity contribution in [2.45, 2.75) is 25.7 Å². The van der Waals surface area contributed by atoms with E-state index in [0.29, 0.717) is 19.4 Å². The topological polar surface area (TPSA) is 57.6 Å². The molecule has 2 rings (SSSR count). The molecule has 1 saturated heterocycles. The zero-order valence-electron chi connectivity index (χ0n) is 11.5. The molecule has 0 bridgehead atoms. The van der Waals surface area contributed by atoms with Gasteiger partial charge in [-0.25, -0.2) is 8.78 Å². The van der Waals surface area contributed by atoms with Gasteiger partial charge in [0.1, 0.15) is 11.6 Å². The molecule has 1 atom stereocenters. The number of hydrogen-bond acceptors (Lipinski definition) is 2. The molecule has 1 N–H and O–H groups in total. The van der Waals surface area contributed by atoms with Crippen LogP contribution in [0.1, 0.15) is 24.8 Å². The smallest absolute Gasteiger partial charge is 0.308 e. The summed E-state index contributed by atoms with van der Waals surface area (Å²) in [6.45, 7) is 0.677. The molecule has 0 unspecified atom stereocenters. The summed E-state index contributed by atoms with van der Waals surface area (Å²) >= 11 is 0. The number of hydrogen-bond donors (Lipinski definition) is 1. The van der Waals surface area contributed by atoms with Gasteiger partial charge in [-0.3, -0.25) is 9.59 Å². The van der Waals surface area contributed by atoms with E-state index < -0.39 is 23.5 Å². The van der Waals surface area contributed by atoms with Crippen LogP contribution >= 0.6 is 0 Å². The van der Waals surface area contributed by atoms with E-state index in [1.165, 1.54) is 11.0 Å². The molecular weight excluding hydrogens is 280 g/mol. The van der Waals surface area contributed by atoms with Crippen molar-refractivity contribution in [1.29, 1.82) is 0 Å². The van der Waals surface area contributed by atoms with Crippen molar-refractivity contribution < 1.29 is 23.5 Å². The molecule has 1 amide bonds. The van der Waals surface area contributed by atoms with Crippen molar-refractivity contribution in [2.24, 2.45) is 5.92 Å². The Morgan fingerprint density at radius 3 is 2.57 bits per heavy atom. The molecule has 1 aromatic carbocycles. The van der Waals surface area contributed by atoms with Gasteiger partial charge in [0.25, 0.3) is 0 Å². The Hall–Kier alpha value is -1.98. The molecule has 0 saturated carbocycles. The molecule has 6 heteroatoms. The average molecular weight is 297 g/mol. The Bertz CT molecular complexity index is 527. The van der Waals surface area contributed by atoms with Gasteiger partial charge in [-0.1, -0.05) is 6.07 Å². The van der Waals surface area contributed by atoms with Crippen molar-refractivity contribution in [2.75, 3.05) is 13.1 Å². The van der Waals surface area contributed by atoms with Crippen LogP contribution in [0.3, 0.4) is 0 Å². The summed E-state index contributed by atoms with van der Waals surface area (Å²) in [5.41, 5.74) is -0.0994. The quantitative estimate of drug-likeness (QED) is 0.927. The molecule has 0 aromatic heterocycles. The van der Waals surface area contributed by atoms with E-state index in [0.717, 1.165) is 12.1 Å². The van der Waals surface area contributed by atoms with Gasteiger partial charge in [0.2, 0.25) is 5.91 Å². The van der Waals surface area contributed by atoms with E-state index >= 15 is 0 Å². The number of benzene rings is 1. The third-order valence-electron chi connectivity index (χ3n) is 3.77. The monoisotopic (exact) mass is 297 g/mol. The highest BCUT2D eigenvalue weighted by molar-refractivity contribution is 5.78. The predicted molar refractivity (Wildman–Crippen MR) is 71.6 cm³/mol. The molecule has 0 spiro atoms. The van der Waals surface area contributed by atoms with E-state index in [9.17, 15) is 18.4 Å². The third-order valence-corrected chi connectivity index (χ3v) is 3.77. The molecule has 0 aliphatic carbocycles. The number of carboxylic acid groups (broad SMARTS) is 1. The minimum Gasteiger partial charge on any atom is -0.481 e. The molecule has 1 heterocycles. The van der Waals surface area contributed by atoms with Crippen molar-refractivity contribution in [3.63, 3.8) is 0 Å². The van der Waals surface area contributed by atoms with E-state index in [1.807, 2.05) is 0 Å². The summed E-state index contributed by atoms with van der Waals surface area (Å²) in [5, 5.41) is 8.98. The molecule has 0 radical (unpaired) electrons. The fourth-order valence-electron chi connectivity index (χ4n) is 2.57. The number of nitrogens with zero attached hydrogens (tertiary/aromatic N) is 1. The highest BCUT2D eigenvalue weighted by Gasteiger charge is 2.28. The molecule has 1 fully saturated rings. The van der Waals surface area contributed by atoms with Crippen LogP contribution in [0.25, 0.3) is 0 Å². The number of aliphatic carboxylic acids is 1. The molecule has 1 aliphatic rings. The standard InChI is InChI=1S/C15H17F2NO3/c16-12-4-1-5-13(17)11(12)6-7-14(19)18-8-2-3-10(9-18)15(20)21/h1,4-5,10H,2-3,6-9H2,(H,20,21)/t10-/m0/s1. The lowest BCUT2D eigenvalue weighted by atomic mass is 9.97. The number of carboxylic acids is 1. The fourth-order valence-corrected chi connectivity index (χ4v) is 2.57. The summed E-state index contributed by atoms with van der Waals surface area (Å²) in [6.07, 6.45) is 1.15. The number of carbonyl (C=O) groups is 2. The third kappa shape index (κ3) is 3.77. The SMILES string of the molecule is O=C(O)[C@H]1CCCN(C(=O)CCc2c(F)cccc2F)C1. The van der Waals surface area contributed by atoms with Gasteiger partial charge in [-0.2, -0.15) is 0 Å². The molecule has 1 aliphatic heterocycles. The lowest BCUT2D eigenvalue weighted by molar-refractivity contribution is -0.145. The average Bonchev–Trinajstić information content (AvgIpc) is 2.46. The van der Waals surface area contributed by atoms with Gasteiger partial charge in [-0.05, 0) is 31.4 Å². The highest BCUT2D eigenvalue weighted by Crippen LogP contribution is 2.19.